The van der Waals surface area contributed by atoms with E-state index in [-0.39, 0.29) is 23.7 Å². The van der Waals surface area contributed by atoms with E-state index >= 15 is 0 Å². The number of benzene rings is 6. The van der Waals surface area contributed by atoms with Crippen molar-refractivity contribution >= 4 is 52.2 Å². The molecule has 0 radical (unpaired) electrons. The van der Waals surface area contributed by atoms with Gasteiger partial charge in [0, 0.05) is 18.6 Å². The minimum atomic E-state index is -1.34. The van der Waals surface area contributed by atoms with Gasteiger partial charge in [-0.2, -0.15) is 0 Å². The topological polar surface area (TPSA) is 176 Å². The normalized spacial score (nSPS) is 19.0. The molecule has 0 aromatic heterocycles. The maximum atomic E-state index is 13.7. The average Bonchev–Trinajstić information content (AvgIpc) is 3.56. The second-order valence-corrected chi connectivity index (χ2v) is 16.9. The van der Waals surface area contributed by atoms with Crippen molar-refractivity contribution in [2.24, 2.45) is 21.5 Å². The van der Waals surface area contributed by atoms with Gasteiger partial charge in [0.15, 0.2) is 23.0 Å². The highest BCUT2D eigenvalue weighted by molar-refractivity contribution is 9.10. The SMILES string of the molecule is COc1ccc2c(c1)CCc1ccc(-c3ccccc3)cc1C21N=C(N)N(C)C1=O.COc1ccc2c(c1)CCc1ccc(Br)cc1C21N=C(N)N(C)C1=O.OB(O)c1ccccc1. The van der Waals surface area contributed by atoms with Crippen molar-refractivity contribution in [1.82, 2.24) is 9.80 Å². The third-order valence-corrected chi connectivity index (χ3v) is 12.9. The summed E-state index contributed by atoms with van der Waals surface area (Å²) >= 11 is 3.53. The van der Waals surface area contributed by atoms with Gasteiger partial charge in [0.25, 0.3) is 11.8 Å². The van der Waals surface area contributed by atoms with Crippen LogP contribution in [0.15, 0.2) is 148 Å². The molecule has 6 aromatic carbocycles. The predicted molar refractivity (Wildman–Crippen MR) is 253 cm³/mol. The standard InChI is InChI=1S/C25H23N3O2.C19H18BrN3O2.C6H7BO2/c1-28-23(29)25(27-24(28)26)21-13-12-20(30-2)14-19(21)11-9-17-8-10-18(15-22(17)25)16-6-4-3-5-7-16;1-23-17(24)19(22-18(23)21)15-8-7-14(25-2)9-12(15)4-3-11-5-6-13(20)10-16(11)19;8-7(9)6-4-2-1-3-5-6/h3-8,10,12-15H,9,11H2,1-2H3,(H2,26,27);5-10H,3-4H2,1-2H3,(H2,21,22);1-5,8-9H. The molecule has 6 N–H and O–H groups in total. The van der Waals surface area contributed by atoms with Crippen LogP contribution >= 0.6 is 15.9 Å². The molecule has 10 rings (SSSR count). The number of aliphatic imine (C=N–C) groups is 2. The molecule has 2 spiro atoms. The first-order chi connectivity index (χ1) is 30.8. The number of carbonyl (C=O) groups excluding carboxylic acids is 2. The zero-order valence-corrected chi connectivity index (χ0v) is 37.5. The van der Waals surface area contributed by atoms with E-state index in [1.54, 1.807) is 52.6 Å². The fourth-order valence-electron chi connectivity index (χ4n) is 9.00. The minimum Gasteiger partial charge on any atom is -0.497 e. The number of halogens is 1. The molecule has 12 nitrogen and oxygen atoms in total. The molecule has 2 atom stereocenters. The number of ether oxygens (including phenoxy) is 2. The van der Waals surface area contributed by atoms with Gasteiger partial charge >= 0.3 is 7.12 Å². The molecule has 2 aliphatic carbocycles. The Kier molecular flexibility index (Phi) is 12.2. The number of methoxy groups -OCH3 is 2. The summed E-state index contributed by atoms with van der Waals surface area (Å²) in [6.07, 6.45) is 3.27. The fraction of sp³-hybridized carbons (Fsp3) is 0.200. The second kappa shape index (κ2) is 17.8. The van der Waals surface area contributed by atoms with Crippen LogP contribution < -0.4 is 26.4 Å². The molecule has 6 aromatic rings. The van der Waals surface area contributed by atoms with Gasteiger partial charge in [0.1, 0.15) is 11.5 Å². The van der Waals surface area contributed by atoms with Crippen molar-refractivity contribution in [2.45, 2.75) is 36.8 Å². The van der Waals surface area contributed by atoms with E-state index in [0.717, 1.165) is 97.3 Å². The van der Waals surface area contributed by atoms with E-state index in [9.17, 15) is 9.59 Å². The number of nitrogens with two attached hydrogens (primary N) is 2. The third kappa shape index (κ3) is 7.71. The molecule has 0 saturated heterocycles. The summed E-state index contributed by atoms with van der Waals surface area (Å²) in [6.45, 7) is 0. The number of hydrogen-bond acceptors (Lipinski definition) is 10. The van der Waals surface area contributed by atoms with Gasteiger partial charge in [-0.1, -0.05) is 107 Å². The number of aryl methyl sites for hydroxylation is 4. The van der Waals surface area contributed by atoms with Crippen LogP contribution in [0.25, 0.3) is 11.1 Å². The smallest absolute Gasteiger partial charge is 0.488 e. The largest absolute Gasteiger partial charge is 0.497 e. The van der Waals surface area contributed by atoms with Crippen molar-refractivity contribution in [3.63, 3.8) is 0 Å². The molecule has 0 fully saturated rings. The molecule has 14 heteroatoms. The Morgan fingerprint density at radius 2 is 1.02 bits per heavy atom. The first-order valence-corrected chi connectivity index (χ1v) is 21.6. The second-order valence-electron chi connectivity index (χ2n) is 16.0. The van der Waals surface area contributed by atoms with Gasteiger partial charge in [0.2, 0.25) is 0 Å². The Balaban J connectivity index is 0.000000148. The van der Waals surface area contributed by atoms with Gasteiger partial charge in [-0.3, -0.25) is 19.4 Å². The molecule has 64 heavy (non-hydrogen) atoms. The van der Waals surface area contributed by atoms with Gasteiger partial charge in [0.05, 0.1) is 14.2 Å². The number of guanidine groups is 2. The summed E-state index contributed by atoms with van der Waals surface area (Å²) in [5, 5.41) is 17.2. The Labute approximate surface area is 381 Å². The fourth-order valence-corrected chi connectivity index (χ4v) is 9.36. The number of hydrogen-bond donors (Lipinski definition) is 4. The van der Waals surface area contributed by atoms with E-state index in [2.05, 4.69) is 57.3 Å². The molecule has 2 unspecified atom stereocenters. The summed E-state index contributed by atoms with van der Waals surface area (Å²) in [5.41, 5.74) is 20.5. The molecule has 0 saturated carbocycles. The van der Waals surface area contributed by atoms with Crippen LogP contribution in [0.5, 0.6) is 11.5 Å². The Bertz CT molecular complexity index is 2820. The number of carbonyl (C=O) groups is 2. The Hall–Kier alpha value is -6.74. The first kappa shape index (κ1) is 43.9. The third-order valence-electron chi connectivity index (χ3n) is 12.4. The Morgan fingerprint density at radius 3 is 1.45 bits per heavy atom. The maximum Gasteiger partial charge on any atom is 0.488 e. The number of nitrogens with zero attached hydrogens (tertiary/aromatic N) is 4. The van der Waals surface area contributed by atoms with E-state index in [0.29, 0.717) is 5.46 Å². The lowest BCUT2D eigenvalue weighted by Gasteiger charge is -2.28. The summed E-state index contributed by atoms with van der Waals surface area (Å²) < 4.78 is 11.7. The zero-order chi connectivity index (χ0) is 45.3. The molecule has 4 aliphatic rings. The van der Waals surface area contributed by atoms with Crippen molar-refractivity contribution in [3.8, 4) is 22.6 Å². The lowest BCUT2D eigenvalue weighted by molar-refractivity contribution is -0.130. The first-order valence-electron chi connectivity index (χ1n) is 20.8. The molecule has 324 valence electrons. The summed E-state index contributed by atoms with van der Waals surface area (Å²) in [5.74, 6) is 1.77. The summed E-state index contributed by atoms with van der Waals surface area (Å²) in [7, 11) is 5.31. The summed E-state index contributed by atoms with van der Waals surface area (Å²) in [6, 6.07) is 42.9. The minimum absolute atomic E-state index is 0.125. The van der Waals surface area contributed by atoms with Crippen molar-refractivity contribution in [2.75, 3.05) is 28.3 Å². The lowest BCUT2D eigenvalue weighted by Crippen LogP contribution is -2.41. The highest BCUT2D eigenvalue weighted by atomic mass is 79.9. The van der Waals surface area contributed by atoms with Crippen LogP contribution in [0, 0.1) is 0 Å². The average molecular weight is 920 g/mol. The van der Waals surface area contributed by atoms with Crippen LogP contribution in [0.3, 0.4) is 0 Å². The van der Waals surface area contributed by atoms with Gasteiger partial charge in [-0.15, -0.1) is 0 Å². The number of rotatable bonds is 4. The van der Waals surface area contributed by atoms with E-state index < -0.39 is 18.2 Å². The van der Waals surface area contributed by atoms with Crippen molar-refractivity contribution in [3.05, 3.63) is 182 Å². The summed E-state index contributed by atoms with van der Waals surface area (Å²) in [4.78, 5) is 39.4. The van der Waals surface area contributed by atoms with E-state index in [4.69, 9.17) is 36.0 Å². The van der Waals surface area contributed by atoms with E-state index in [1.807, 2.05) is 72.8 Å². The highest BCUT2D eigenvalue weighted by Crippen LogP contribution is 2.48. The predicted octanol–water partition coefficient (Wildman–Crippen LogP) is 5.44. The van der Waals surface area contributed by atoms with Crippen LogP contribution in [-0.2, 0) is 46.4 Å². The molecular weight excluding hydrogens is 871 g/mol. The van der Waals surface area contributed by atoms with E-state index in [1.165, 1.54) is 9.80 Å². The Morgan fingerprint density at radius 1 is 0.562 bits per heavy atom. The zero-order valence-electron chi connectivity index (χ0n) is 36.0. The maximum absolute atomic E-state index is 13.7. The number of likely N-dealkylation sites (N-methyl/N-ethyl adjacent to an activating group) is 2. The molecule has 2 aliphatic heterocycles. The molecule has 2 heterocycles. The molecular formula is C50H48BBrN6O6. The molecule has 0 bridgehead atoms. The van der Waals surface area contributed by atoms with Crippen molar-refractivity contribution < 1.29 is 29.1 Å². The quantitative estimate of drug-likeness (QED) is 0.169. The van der Waals surface area contributed by atoms with Crippen molar-refractivity contribution in [1.29, 1.82) is 0 Å². The van der Waals surface area contributed by atoms with Crippen LogP contribution in [-0.4, -0.2) is 79.0 Å². The molecule has 2 amide bonds. The number of fused-ring (bicyclic) bond motifs is 8. The lowest BCUT2D eigenvalue weighted by atomic mass is 9.79. The van der Waals surface area contributed by atoms with Gasteiger partial charge in [-0.05, 0) is 129 Å². The van der Waals surface area contributed by atoms with Gasteiger partial charge < -0.3 is 31.0 Å². The van der Waals surface area contributed by atoms with Crippen LogP contribution in [0.1, 0.15) is 44.5 Å². The number of amides is 2. The van der Waals surface area contributed by atoms with Crippen LogP contribution in [0.4, 0.5) is 0 Å². The van der Waals surface area contributed by atoms with Crippen LogP contribution in [0.2, 0.25) is 0 Å². The van der Waals surface area contributed by atoms with Gasteiger partial charge in [-0.25, -0.2) is 9.98 Å². The monoisotopic (exact) mass is 918 g/mol. The highest BCUT2D eigenvalue weighted by Gasteiger charge is 2.53.